The number of aliphatic carboxylic acids is 1. The van der Waals surface area contributed by atoms with Gasteiger partial charge in [-0.2, -0.15) is 0 Å². The van der Waals surface area contributed by atoms with E-state index in [2.05, 4.69) is 10.3 Å². The maximum Gasteiger partial charge on any atom is 0.326 e. The minimum Gasteiger partial charge on any atom is -0.480 e. The lowest BCUT2D eigenvalue weighted by atomic mass is 10.0. The van der Waals surface area contributed by atoms with Crippen LogP contribution in [0.25, 0.3) is 17.0 Å². The number of aromatic amines is 1. The standard InChI is InChI=1S/C36H31N5O4/c1-40(2)27-16-12-23(13-17-27)20-31-35(43)41(33(38-31)24-8-4-3-5-9-24)28-18-14-25(15-19-28)34(42)39-32(36(44)45)21-26-22-37-30-11-7-6-10-29(26)30/h3-20,22,32,37H,21H2,1-2H3,(H,39,42)(H,44,45). The van der Waals surface area contributed by atoms with Crippen molar-refractivity contribution in [1.82, 2.24) is 10.3 Å². The number of nitrogens with one attached hydrogen (secondary N) is 2. The van der Waals surface area contributed by atoms with Gasteiger partial charge in [-0.1, -0.05) is 60.7 Å². The molecule has 0 saturated heterocycles. The second-order valence-corrected chi connectivity index (χ2v) is 10.9. The molecular formula is C36H31N5O4. The topological polar surface area (TPSA) is 118 Å². The molecule has 9 nitrogen and oxygen atoms in total. The number of hydrogen-bond donors (Lipinski definition) is 3. The Labute approximate surface area is 260 Å². The number of aliphatic imine (C=N–C) groups is 1. The number of fused-ring (bicyclic) bond motifs is 1. The molecule has 1 aromatic heterocycles. The van der Waals surface area contributed by atoms with E-state index in [1.807, 2.05) is 97.9 Å². The SMILES string of the molecule is CN(C)c1ccc(C=C2N=C(c3ccccc3)N(c3ccc(C(=O)NC(Cc4c[nH]c5ccccc45)C(=O)O)cc3)C2=O)cc1. The van der Waals surface area contributed by atoms with E-state index >= 15 is 0 Å². The first-order valence-corrected chi connectivity index (χ1v) is 14.4. The molecule has 45 heavy (non-hydrogen) atoms. The fourth-order valence-electron chi connectivity index (χ4n) is 5.29. The van der Waals surface area contributed by atoms with E-state index in [1.54, 1.807) is 36.5 Å². The quantitative estimate of drug-likeness (QED) is 0.194. The van der Waals surface area contributed by atoms with Crippen molar-refractivity contribution in [2.24, 2.45) is 4.99 Å². The van der Waals surface area contributed by atoms with Crippen molar-refractivity contribution in [3.05, 3.63) is 137 Å². The third-order valence-corrected chi connectivity index (χ3v) is 7.70. The number of para-hydroxylation sites is 1. The third kappa shape index (κ3) is 6.09. The Morgan fingerprint density at radius 1 is 0.933 bits per heavy atom. The molecule has 2 heterocycles. The maximum absolute atomic E-state index is 13.7. The molecule has 0 saturated carbocycles. The molecule has 0 spiro atoms. The number of carboxylic acid groups (broad SMARTS) is 1. The number of hydrogen-bond acceptors (Lipinski definition) is 5. The van der Waals surface area contributed by atoms with Gasteiger partial charge < -0.3 is 20.3 Å². The summed E-state index contributed by atoms with van der Waals surface area (Å²) in [4.78, 5) is 50.4. The zero-order valence-electron chi connectivity index (χ0n) is 24.8. The van der Waals surface area contributed by atoms with E-state index < -0.39 is 17.9 Å². The Kier molecular flexibility index (Phi) is 7.99. The zero-order chi connectivity index (χ0) is 31.5. The smallest absolute Gasteiger partial charge is 0.326 e. The van der Waals surface area contributed by atoms with Crippen molar-refractivity contribution in [2.75, 3.05) is 23.9 Å². The largest absolute Gasteiger partial charge is 0.480 e. The summed E-state index contributed by atoms with van der Waals surface area (Å²) in [5.41, 5.74) is 5.43. The molecule has 5 aromatic rings. The molecule has 4 aromatic carbocycles. The van der Waals surface area contributed by atoms with Crippen LogP contribution < -0.4 is 15.1 Å². The van der Waals surface area contributed by atoms with Crippen LogP contribution in [0, 0.1) is 0 Å². The third-order valence-electron chi connectivity index (χ3n) is 7.70. The van der Waals surface area contributed by atoms with Gasteiger partial charge in [-0.05, 0) is 59.7 Å². The van der Waals surface area contributed by atoms with Crippen LogP contribution in [0.1, 0.15) is 27.0 Å². The molecule has 1 atom stereocenters. The summed E-state index contributed by atoms with van der Waals surface area (Å²) >= 11 is 0. The fourth-order valence-corrected chi connectivity index (χ4v) is 5.29. The second kappa shape index (κ2) is 12.3. The molecule has 224 valence electrons. The van der Waals surface area contributed by atoms with Crippen molar-refractivity contribution in [3.63, 3.8) is 0 Å². The summed E-state index contributed by atoms with van der Waals surface area (Å²) in [5, 5.41) is 13.4. The van der Waals surface area contributed by atoms with Crippen LogP contribution in [-0.2, 0) is 16.0 Å². The number of aromatic nitrogens is 1. The van der Waals surface area contributed by atoms with Gasteiger partial charge in [-0.3, -0.25) is 14.5 Å². The Hall–Kier alpha value is -5.96. The summed E-state index contributed by atoms with van der Waals surface area (Å²) in [6.45, 7) is 0. The normalized spacial score (nSPS) is 14.4. The number of amides is 2. The minimum absolute atomic E-state index is 0.120. The van der Waals surface area contributed by atoms with Crippen LogP contribution in [0.15, 0.2) is 120 Å². The van der Waals surface area contributed by atoms with Crippen LogP contribution in [0.4, 0.5) is 11.4 Å². The average molecular weight is 598 g/mol. The van der Waals surface area contributed by atoms with Crippen LogP contribution in [0.3, 0.4) is 0 Å². The highest BCUT2D eigenvalue weighted by atomic mass is 16.4. The Morgan fingerprint density at radius 3 is 2.31 bits per heavy atom. The molecule has 0 fully saturated rings. The van der Waals surface area contributed by atoms with Gasteiger partial charge in [-0.15, -0.1) is 0 Å². The molecule has 3 N–H and O–H groups in total. The van der Waals surface area contributed by atoms with Gasteiger partial charge in [0.2, 0.25) is 0 Å². The molecule has 1 aliphatic heterocycles. The highest BCUT2D eigenvalue weighted by Crippen LogP contribution is 2.29. The molecule has 0 radical (unpaired) electrons. The van der Waals surface area contributed by atoms with E-state index in [0.29, 0.717) is 11.5 Å². The predicted octanol–water partition coefficient (Wildman–Crippen LogP) is 5.49. The summed E-state index contributed by atoms with van der Waals surface area (Å²) in [7, 11) is 3.93. The first-order valence-electron chi connectivity index (χ1n) is 14.4. The highest BCUT2D eigenvalue weighted by molar-refractivity contribution is 6.33. The molecule has 0 bridgehead atoms. The molecule has 6 rings (SSSR count). The maximum atomic E-state index is 13.7. The van der Waals surface area contributed by atoms with Crippen LogP contribution in [0.2, 0.25) is 0 Å². The first kappa shape index (κ1) is 29.1. The summed E-state index contributed by atoms with van der Waals surface area (Å²) in [6.07, 6.45) is 3.64. The number of benzene rings is 4. The van der Waals surface area contributed by atoms with Gasteiger partial charge in [0.1, 0.15) is 17.6 Å². The highest BCUT2D eigenvalue weighted by Gasteiger charge is 2.32. The van der Waals surface area contributed by atoms with E-state index in [4.69, 9.17) is 4.99 Å². The van der Waals surface area contributed by atoms with Gasteiger partial charge in [0, 0.05) is 54.4 Å². The van der Waals surface area contributed by atoms with Crippen molar-refractivity contribution >= 4 is 52.0 Å². The number of carbonyl (C=O) groups excluding carboxylic acids is 2. The van der Waals surface area contributed by atoms with Gasteiger partial charge in [0.05, 0.1) is 5.69 Å². The molecule has 1 aliphatic rings. The van der Waals surface area contributed by atoms with Crippen molar-refractivity contribution in [2.45, 2.75) is 12.5 Å². The number of nitrogens with zero attached hydrogens (tertiary/aromatic N) is 3. The molecule has 9 heteroatoms. The first-order chi connectivity index (χ1) is 21.8. The summed E-state index contributed by atoms with van der Waals surface area (Å²) in [6, 6.07) is 30.2. The molecule has 0 aliphatic carbocycles. The second-order valence-electron chi connectivity index (χ2n) is 10.9. The van der Waals surface area contributed by atoms with Gasteiger partial charge >= 0.3 is 5.97 Å². The number of anilines is 2. The average Bonchev–Trinajstić information content (AvgIpc) is 3.61. The van der Waals surface area contributed by atoms with Crippen LogP contribution in [-0.4, -0.2) is 53.8 Å². The van der Waals surface area contributed by atoms with Crippen molar-refractivity contribution in [1.29, 1.82) is 0 Å². The Morgan fingerprint density at radius 2 is 1.62 bits per heavy atom. The lowest BCUT2D eigenvalue weighted by Crippen LogP contribution is -2.42. The van der Waals surface area contributed by atoms with Gasteiger partial charge in [-0.25, -0.2) is 9.79 Å². The Balaban J connectivity index is 1.24. The van der Waals surface area contributed by atoms with E-state index in [1.165, 1.54) is 4.90 Å². The van der Waals surface area contributed by atoms with Gasteiger partial charge in [0.25, 0.3) is 11.8 Å². The lowest BCUT2D eigenvalue weighted by Gasteiger charge is -2.19. The van der Waals surface area contributed by atoms with E-state index in [0.717, 1.165) is 33.3 Å². The Bertz CT molecular complexity index is 1940. The number of amidine groups is 1. The number of rotatable bonds is 9. The van der Waals surface area contributed by atoms with Crippen LogP contribution in [0.5, 0.6) is 0 Å². The van der Waals surface area contributed by atoms with Crippen LogP contribution >= 0.6 is 0 Å². The zero-order valence-corrected chi connectivity index (χ0v) is 24.8. The fraction of sp³-hybridized carbons (Fsp3) is 0.111. The van der Waals surface area contributed by atoms with Gasteiger partial charge in [0.15, 0.2) is 0 Å². The summed E-state index contributed by atoms with van der Waals surface area (Å²) < 4.78 is 0. The summed E-state index contributed by atoms with van der Waals surface area (Å²) in [5.74, 6) is -1.49. The van der Waals surface area contributed by atoms with E-state index in [-0.39, 0.29) is 23.6 Å². The molecule has 2 amide bonds. The number of H-pyrrole nitrogens is 1. The minimum atomic E-state index is -1.13. The lowest BCUT2D eigenvalue weighted by molar-refractivity contribution is -0.139. The predicted molar refractivity (Wildman–Crippen MR) is 177 cm³/mol. The van der Waals surface area contributed by atoms with Crippen molar-refractivity contribution in [3.8, 4) is 0 Å². The monoisotopic (exact) mass is 597 g/mol. The molecular weight excluding hydrogens is 566 g/mol. The van der Waals surface area contributed by atoms with E-state index in [9.17, 15) is 19.5 Å². The molecule has 1 unspecified atom stereocenters. The number of carbonyl (C=O) groups is 3. The number of carboxylic acids is 1. The van der Waals surface area contributed by atoms with Crippen molar-refractivity contribution < 1.29 is 19.5 Å².